The molecule has 3 nitrogen and oxygen atoms in total. The van der Waals surface area contributed by atoms with Crippen LogP contribution in [0.3, 0.4) is 0 Å². The van der Waals surface area contributed by atoms with E-state index in [0.717, 1.165) is 11.3 Å². The molecule has 0 amide bonds. The highest BCUT2D eigenvalue weighted by molar-refractivity contribution is 5.29. The second-order valence-corrected chi connectivity index (χ2v) is 3.03. The summed E-state index contributed by atoms with van der Waals surface area (Å²) < 4.78 is 5.01. The lowest BCUT2D eigenvalue weighted by Crippen LogP contribution is -2.23. The highest BCUT2D eigenvalue weighted by Crippen LogP contribution is 2.18. The molecule has 0 aliphatic heterocycles. The van der Waals surface area contributed by atoms with Crippen LogP contribution in [0.4, 0.5) is 0 Å². The fraction of sp³-hybridized carbons (Fsp3) is 0.273. The lowest BCUT2D eigenvalue weighted by Gasteiger charge is -2.15. The number of rotatable bonds is 4. The van der Waals surface area contributed by atoms with Crippen LogP contribution in [0, 0.1) is 0 Å². The summed E-state index contributed by atoms with van der Waals surface area (Å²) in [6.07, 6.45) is 0.706. The number of aliphatic hydroxyl groups excluding tert-OH is 1. The molecule has 0 unspecified atom stereocenters. The minimum Gasteiger partial charge on any atom is -0.497 e. The third kappa shape index (κ3) is 2.34. The molecule has 0 heterocycles. The van der Waals surface area contributed by atoms with E-state index in [1.807, 2.05) is 24.3 Å². The van der Waals surface area contributed by atoms with Crippen LogP contribution in [-0.4, -0.2) is 18.3 Å². The van der Waals surface area contributed by atoms with Crippen molar-refractivity contribution in [3.63, 3.8) is 0 Å². The van der Waals surface area contributed by atoms with Gasteiger partial charge in [-0.05, 0) is 17.7 Å². The standard InChI is InChI=1S/C11H15NO2/c1-3-10(13)11(12)8-4-6-9(14-2)7-5-8/h3-7,10-11,13H,1,12H2,2H3/t10-,11+/m1/s1. The average molecular weight is 193 g/mol. The van der Waals surface area contributed by atoms with Crippen LogP contribution in [0.25, 0.3) is 0 Å². The number of methoxy groups -OCH3 is 1. The van der Waals surface area contributed by atoms with Crippen molar-refractivity contribution >= 4 is 0 Å². The van der Waals surface area contributed by atoms with Gasteiger partial charge >= 0.3 is 0 Å². The van der Waals surface area contributed by atoms with E-state index in [4.69, 9.17) is 10.5 Å². The molecule has 2 atom stereocenters. The van der Waals surface area contributed by atoms with Gasteiger partial charge in [0.15, 0.2) is 0 Å². The first kappa shape index (κ1) is 10.8. The van der Waals surface area contributed by atoms with Crippen molar-refractivity contribution in [1.82, 2.24) is 0 Å². The first-order valence-electron chi connectivity index (χ1n) is 4.39. The van der Waals surface area contributed by atoms with Gasteiger partial charge in [0.25, 0.3) is 0 Å². The first-order chi connectivity index (χ1) is 6.69. The summed E-state index contributed by atoms with van der Waals surface area (Å²) in [6, 6.07) is 6.85. The fourth-order valence-corrected chi connectivity index (χ4v) is 1.17. The van der Waals surface area contributed by atoms with Crippen molar-refractivity contribution < 1.29 is 9.84 Å². The van der Waals surface area contributed by atoms with Gasteiger partial charge in [-0.1, -0.05) is 18.2 Å². The van der Waals surface area contributed by atoms with Gasteiger partial charge in [-0.3, -0.25) is 0 Å². The largest absolute Gasteiger partial charge is 0.497 e. The van der Waals surface area contributed by atoms with Crippen LogP contribution < -0.4 is 10.5 Å². The second kappa shape index (κ2) is 4.79. The van der Waals surface area contributed by atoms with Crippen LogP contribution in [0.5, 0.6) is 5.75 Å². The highest BCUT2D eigenvalue weighted by Gasteiger charge is 2.12. The number of ether oxygens (including phenoxy) is 1. The van der Waals surface area contributed by atoms with Gasteiger partial charge in [0, 0.05) is 0 Å². The zero-order chi connectivity index (χ0) is 10.6. The summed E-state index contributed by atoms with van der Waals surface area (Å²) in [5.74, 6) is 0.772. The molecule has 0 saturated carbocycles. The SMILES string of the molecule is C=C[C@@H](O)[C@@H](N)c1ccc(OC)cc1. The Hall–Kier alpha value is -1.32. The molecule has 14 heavy (non-hydrogen) atoms. The fourth-order valence-electron chi connectivity index (χ4n) is 1.17. The maximum absolute atomic E-state index is 9.43. The van der Waals surface area contributed by atoms with E-state index in [9.17, 15) is 5.11 Å². The second-order valence-electron chi connectivity index (χ2n) is 3.03. The van der Waals surface area contributed by atoms with Crippen molar-refractivity contribution in [2.75, 3.05) is 7.11 Å². The average Bonchev–Trinajstić information content (AvgIpc) is 2.27. The van der Waals surface area contributed by atoms with E-state index in [1.165, 1.54) is 6.08 Å². The summed E-state index contributed by atoms with van der Waals surface area (Å²) in [4.78, 5) is 0. The molecule has 0 aromatic heterocycles. The number of benzene rings is 1. The molecular weight excluding hydrogens is 178 g/mol. The van der Waals surface area contributed by atoms with Gasteiger partial charge < -0.3 is 15.6 Å². The molecule has 1 rings (SSSR count). The quantitative estimate of drug-likeness (QED) is 0.707. The Balaban J connectivity index is 2.80. The van der Waals surface area contributed by atoms with E-state index < -0.39 is 12.1 Å². The topological polar surface area (TPSA) is 55.5 Å². The van der Waals surface area contributed by atoms with Gasteiger partial charge in [-0.15, -0.1) is 6.58 Å². The van der Waals surface area contributed by atoms with Gasteiger partial charge in [0.2, 0.25) is 0 Å². The minimum atomic E-state index is -0.719. The van der Waals surface area contributed by atoms with Crippen molar-refractivity contribution in [2.24, 2.45) is 5.73 Å². The molecule has 0 fully saturated rings. The van der Waals surface area contributed by atoms with Crippen molar-refractivity contribution in [1.29, 1.82) is 0 Å². The monoisotopic (exact) mass is 193 g/mol. The lowest BCUT2D eigenvalue weighted by atomic mass is 10.0. The van der Waals surface area contributed by atoms with E-state index in [-0.39, 0.29) is 0 Å². The number of nitrogens with two attached hydrogens (primary N) is 1. The molecule has 0 saturated heterocycles. The van der Waals surface area contributed by atoms with Crippen molar-refractivity contribution in [3.8, 4) is 5.75 Å². The summed E-state index contributed by atoms with van der Waals surface area (Å²) in [6.45, 7) is 3.49. The van der Waals surface area contributed by atoms with Crippen LogP contribution in [0.15, 0.2) is 36.9 Å². The summed E-state index contributed by atoms with van der Waals surface area (Å²) in [7, 11) is 1.60. The maximum Gasteiger partial charge on any atom is 0.118 e. The highest BCUT2D eigenvalue weighted by atomic mass is 16.5. The normalized spacial score (nSPS) is 14.5. The van der Waals surface area contributed by atoms with Crippen molar-refractivity contribution in [3.05, 3.63) is 42.5 Å². The Morgan fingerprint density at radius 3 is 2.43 bits per heavy atom. The Morgan fingerprint density at radius 1 is 1.43 bits per heavy atom. The molecule has 3 heteroatoms. The Kier molecular flexibility index (Phi) is 3.68. The zero-order valence-corrected chi connectivity index (χ0v) is 8.18. The Bertz CT molecular complexity index is 295. The Morgan fingerprint density at radius 2 is 2.00 bits per heavy atom. The van der Waals surface area contributed by atoms with Crippen LogP contribution in [0.2, 0.25) is 0 Å². The molecule has 76 valence electrons. The van der Waals surface area contributed by atoms with Gasteiger partial charge in [0.05, 0.1) is 19.3 Å². The Labute approximate surface area is 83.8 Å². The predicted molar refractivity (Wildman–Crippen MR) is 56.1 cm³/mol. The van der Waals surface area contributed by atoms with Gasteiger partial charge in [-0.25, -0.2) is 0 Å². The van der Waals surface area contributed by atoms with E-state index in [2.05, 4.69) is 6.58 Å². The van der Waals surface area contributed by atoms with Gasteiger partial charge in [0.1, 0.15) is 5.75 Å². The van der Waals surface area contributed by atoms with Crippen LogP contribution in [-0.2, 0) is 0 Å². The zero-order valence-electron chi connectivity index (χ0n) is 8.18. The third-order valence-electron chi connectivity index (χ3n) is 2.11. The third-order valence-corrected chi connectivity index (χ3v) is 2.11. The summed E-state index contributed by atoms with van der Waals surface area (Å²) >= 11 is 0. The summed E-state index contributed by atoms with van der Waals surface area (Å²) in [5.41, 5.74) is 6.64. The minimum absolute atomic E-state index is 0.432. The molecule has 0 radical (unpaired) electrons. The maximum atomic E-state index is 9.43. The van der Waals surface area contributed by atoms with E-state index in [0.29, 0.717) is 0 Å². The smallest absolute Gasteiger partial charge is 0.118 e. The van der Waals surface area contributed by atoms with Crippen LogP contribution >= 0.6 is 0 Å². The molecule has 0 aliphatic carbocycles. The number of hydrogen-bond acceptors (Lipinski definition) is 3. The number of hydrogen-bond donors (Lipinski definition) is 2. The molecule has 1 aromatic carbocycles. The molecule has 0 aliphatic rings. The first-order valence-corrected chi connectivity index (χ1v) is 4.39. The molecule has 3 N–H and O–H groups in total. The van der Waals surface area contributed by atoms with Gasteiger partial charge in [-0.2, -0.15) is 0 Å². The van der Waals surface area contributed by atoms with Crippen molar-refractivity contribution in [2.45, 2.75) is 12.1 Å². The molecule has 0 spiro atoms. The lowest BCUT2D eigenvalue weighted by molar-refractivity contribution is 0.192. The van der Waals surface area contributed by atoms with E-state index >= 15 is 0 Å². The summed E-state index contributed by atoms with van der Waals surface area (Å²) in [5, 5.41) is 9.43. The molecule has 1 aromatic rings. The van der Waals surface area contributed by atoms with E-state index in [1.54, 1.807) is 7.11 Å². The van der Waals surface area contributed by atoms with Crippen LogP contribution in [0.1, 0.15) is 11.6 Å². The molecule has 0 bridgehead atoms. The predicted octanol–water partition coefficient (Wildman–Crippen LogP) is 1.24. The molecular formula is C11H15NO2. The number of aliphatic hydroxyl groups is 1.